The van der Waals surface area contributed by atoms with Crippen LogP contribution in [0.15, 0.2) is 78.9 Å². The minimum absolute atomic E-state index is 0.0299. The average molecular weight is 362 g/mol. The van der Waals surface area contributed by atoms with E-state index in [2.05, 4.69) is 10.6 Å². The van der Waals surface area contributed by atoms with Crippen molar-refractivity contribution in [1.82, 2.24) is 0 Å². The van der Waals surface area contributed by atoms with E-state index in [1.54, 1.807) is 7.11 Å². The Morgan fingerprint density at radius 2 is 1.52 bits per heavy atom. The van der Waals surface area contributed by atoms with Crippen LogP contribution in [0, 0.1) is 0 Å². The lowest BCUT2D eigenvalue weighted by atomic mass is 10.2. The molecule has 0 bridgehead atoms. The molecule has 0 spiro atoms. The first-order chi connectivity index (χ1) is 13.2. The number of amides is 1. The molecule has 0 heterocycles. The molecule has 0 atom stereocenters. The van der Waals surface area contributed by atoms with Crippen molar-refractivity contribution in [3.8, 4) is 11.5 Å². The molecule has 0 saturated carbocycles. The Balaban J connectivity index is 1.49. The minimum Gasteiger partial charge on any atom is -0.496 e. The van der Waals surface area contributed by atoms with Gasteiger partial charge in [0.15, 0.2) is 6.61 Å². The number of rotatable bonds is 8. The first-order valence-electron chi connectivity index (χ1n) is 8.68. The van der Waals surface area contributed by atoms with Crippen molar-refractivity contribution in [2.75, 3.05) is 24.4 Å². The summed E-state index contributed by atoms with van der Waals surface area (Å²) in [6.45, 7) is 0.623. The van der Waals surface area contributed by atoms with Crippen molar-refractivity contribution >= 4 is 17.3 Å². The van der Waals surface area contributed by atoms with E-state index in [1.807, 2.05) is 78.9 Å². The smallest absolute Gasteiger partial charge is 0.262 e. The molecular formula is C22H22N2O3. The summed E-state index contributed by atoms with van der Waals surface area (Å²) in [6, 6.07) is 24.7. The molecule has 1 amide bonds. The molecule has 0 unspecified atom stereocenters. The molecule has 0 radical (unpaired) electrons. The van der Waals surface area contributed by atoms with Crippen LogP contribution in [0.2, 0.25) is 0 Å². The van der Waals surface area contributed by atoms with Gasteiger partial charge < -0.3 is 20.1 Å². The third kappa shape index (κ3) is 5.51. The Bertz CT molecular complexity index is 864. The predicted octanol–water partition coefficient (Wildman–Crippen LogP) is 4.32. The first kappa shape index (κ1) is 18.3. The van der Waals surface area contributed by atoms with Crippen LogP contribution < -0.4 is 20.1 Å². The summed E-state index contributed by atoms with van der Waals surface area (Å²) in [5, 5.41) is 6.17. The number of anilines is 2. The van der Waals surface area contributed by atoms with Crippen LogP contribution in [0.5, 0.6) is 11.5 Å². The first-order valence-corrected chi connectivity index (χ1v) is 8.68. The number of methoxy groups -OCH3 is 1. The highest BCUT2D eigenvalue weighted by molar-refractivity contribution is 5.92. The summed E-state index contributed by atoms with van der Waals surface area (Å²) in [5.41, 5.74) is 2.76. The molecule has 5 nitrogen and oxygen atoms in total. The minimum atomic E-state index is -0.200. The van der Waals surface area contributed by atoms with Gasteiger partial charge in [-0.2, -0.15) is 0 Å². The molecule has 3 aromatic rings. The van der Waals surface area contributed by atoms with Gasteiger partial charge in [-0.3, -0.25) is 4.79 Å². The maximum atomic E-state index is 12.0. The Morgan fingerprint density at radius 1 is 0.852 bits per heavy atom. The second-order valence-electron chi connectivity index (χ2n) is 5.89. The number of benzene rings is 3. The van der Waals surface area contributed by atoms with Gasteiger partial charge >= 0.3 is 0 Å². The molecular weight excluding hydrogens is 340 g/mol. The summed E-state index contributed by atoms with van der Waals surface area (Å²) in [4.78, 5) is 12.0. The zero-order valence-electron chi connectivity index (χ0n) is 15.1. The van der Waals surface area contributed by atoms with Crippen molar-refractivity contribution < 1.29 is 14.3 Å². The van der Waals surface area contributed by atoms with E-state index in [9.17, 15) is 4.79 Å². The van der Waals surface area contributed by atoms with Crippen LogP contribution in [0.25, 0.3) is 0 Å². The van der Waals surface area contributed by atoms with Crippen LogP contribution in [-0.4, -0.2) is 19.6 Å². The van der Waals surface area contributed by atoms with Crippen molar-refractivity contribution in [2.45, 2.75) is 6.54 Å². The SMILES string of the molecule is COc1ccccc1CNc1ccc(NC(=O)COc2ccccc2)cc1. The summed E-state index contributed by atoms with van der Waals surface area (Å²) >= 11 is 0. The third-order valence-corrected chi connectivity index (χ3v) is 3.96. The Hall–Kier alpha value is -3.47. The van der Waals surface area contributed by atoms with Gasteiger partial charge in [-0.25, -0.2) is 0 Å². The second kappa shape index (κ2) is 9.29. The third-order valence-electron chi connectivity index (χ3n) is 3.96. The van der Waals surface area contributed by atoms with Gasteiger partial charge in [0.25, 0.3) is 5.91 Å². The van der Waals surface area contributed by atoms with Crippen molar-refractivity contribution in [2.24, 2.45) is 0 Å². The van der Waals surface area contributed by atoms with Gasteiger partial charge in [0.05, 0.1) is 7.11 Å². The molecule has 3 rings (SSSR count). The molecule has 0 aromatic heterocycles. The molecule has 0 saturated heterocycles. The molecule has 27 heavy (non-hydrogen) atoms. The summed E-state index contributed by atoms with van der Waals surface area (Å²) < 4.78 is 10.8. The molecule has 5 heteroatoms. The molecule has 138 valence electrons. The molecule has 0 aliphatic heterocycles. The zero-order chi connectivity index (χ0) is 18.9. The van der Waals surface area contributed by atoms with Crippen molar-refractivity contribution in [3.63, 3.8) is 0 Å². The van der Waals surface area contributed by atoms with Gasteiger partial charge in [-0.15, -0.1) is 0 Å². The quantitative estimate of drug-likeness (QED) is 0.626. The topological polar surface area (TPSA) is 59.6 Å². The van der Waals surface area contributed by atoms with E-state index in [-0.39, 0.29) is 12.5 Å². The van der Waals surface area contributed by atoms with E-state index in [0.717, 1.165) is 22.7 Å². The van der Waals surface area contributed by atoms with Gasteiger partial charge in [0.1, 0.15) is 11.5 Å². The van der Waals surface area contributed by atoms with Gasteiger partial charge in [-0.1, -0.05) is 36.4 Å². The van der Waals surface area contributed by atoms with Gasteiger partial charge in [0.2, 0.25) is 0 Å². The fourth-order valence-corrected chi connectivity index (χ4v) is 2.58. The Morgan fingerprint density at radius 3 is 2.26 bits per heavy atom. The summed E-state index contributed by atoms with van der Waals surface area (Å²) in [7, 11) is 1.66. The van der Waals surface area contributed by atoms with E-state index in [4.69, 9.17) is 9.47 Å². The highest BCUT2D eigenvalue weighted by atomic mass is 16.5. The molecule has 0 aliphatic carbocycles. The van der Waals surface area contributed by atoms with Crippen LogP contribution in [0.1, 0.15) is 5.56 Å². The van der Waals surface area contributed by atoms with E-state index in [0.29, 0.717) is 12.3 Å². The molecule has 0 aliphatic rings. The van der Waals surface area contributed by atoms with Gasteiger partial charge in [0, 0.05) is 23.5 Å². The normalized spacial score (nSPS) is 10.1. The summed E-state index contributed by atoms with van der Waals surface area (Å²) in [6.07, 6.45) is 0. The average Bonchev–Trinajstić information content (AvgIpc) is 2.73. The van der Waals surface area contributed by atoms with Gasteiger partial charge in [-0.05, 0) is 42.5 Å². The zero-order valence-corrected chi connectivity index (χ0v) is 15.1. The van der Waals surface area contributed by atoms with Crippen LogP contribution >= 0.6 is 0 Å². The maximum absolute atomic E-state index is 12.0. The number of hydrogen-bond donors (Lipinski definition) is 2. The van der Waals surface area contributed by atoms with E-state index >= 15 is 0 Å². The lowest BCUT2D eigenvalue weighted by molar-refractivity contribution is -0.118. The lowest BCUT2D eigenvalue weighted by Crippen LogP contribution is -2.20. The maximum Gasteiger partial charge on any atom is 0.262 e. The second-order valence-corrected chi connectivity index (χ2v) is 5.89. The highest BCUT2D eigenvalue weighted by Gasteiger charge is 2.05. The van der Waals surface area contributed by atoms with Crippen molar-refractivity contribution in [3.05, 3.63) is 84.4 Å². The predicted molar refractivity (Wildman–Crippen MR) is 107 cm³/mol. The Kier molecular flexibility index (Phi) is 6.30. The standard InChI is InChI=1S/C22H22N2O3/c1-26-21-10-6-5-7-17(21)15-23-18-11-13-19(14-12-18)24-22(25)16-27-20-8-3-2-4-9-20/h2-14,23H,15-16H2,1H3,(H,24,25). The number of nitrogens with one attached hydrogen (secondary N) is 2. The largest absolute Gasteiger partial charge is 0.496 e. The number of carbonyl (C=O) groups is 1. The lowest BCUT2D eigenvalue weighted by Gasteiger charge is -2.11. The number of hydrogen-bond acceptors (Lipinski definition) is 4. The Labute approximate surface area is 158 Å². The van der Waals surface area contributed by atoms with Crippen LogP contribution in [-0.2, 0) is 11.3 Å². The highest BCUT2D eigenvalue weighted by Crippen LogP contribution is 2.20. The van der Waals surface area contributed by atoms with Crippen LogP contribution in [0.3, 0.4) is 0 Å². The fourth-order valence-electron chi connectivity index (χ4n) is 2.58. The monoisotopic (exact) mass is 362 g/mol. The molecule has 0 fully saturated rings. The fraction of sp³-hybridized carbons (Fsp3) is 0.136. The van der Waals surface area contributed by atoms with E-state index in [1.165, 1.54) is 0 Å². The molecule has 3 aromatic carbocycles. The summed E-state index contributed by atoms with van der Waals surface area (Å²) in [5.74, 6) is 1.32. The number of ether oxygens (including phenoxy) is 2. The van der Waals surface area contributed by atoms with Crippen molar-refractivity contribution in [1.29, 1.82) is 0 Å². The number of para-hydroxylation sites is 2. The van der Waals surface area contributed by atoms with Crippen LogP contribution in [0.4, 0.5) is 11.4 Å². The van der Waals surface area contributed by atoms with E-state index < -0.39 is 0 Å². The molecule has 2 N–H and O–H groups in total. The number of carbonyl (C=O) groups excluding carboxylic acids is 1.